The van der Waals surface area contributed by atoms with Gasteiger partial charge in [0.05, 0.1) is 18.1 Å². The van der Waals surface area contributed by atoms with E-state index in [0.29, 0.717) is 5.56 Å². The van der Waals surface area contributed by atoms with Gasteiger partial charge in [-0.1, -0.05) is 42.5 Å². The SMILES string of the molecule is COCc1cccc(-c2ccccc2COC(F)(F)F)c1S(N)(=O)=O. The van der Waals surface area contributed by atoms with Gasteiger partial charge in [0.15, 0.2) is 0 Å². The average Bonchev–Trinajstić information content (AvgIpc) is 2.51. The van der Waals surface area contributed by atoms with Crippen LogP contribution in [0, 0.1) is 0 Å². The normalized spacial score (nSPS) is 12.4. The van der Waals surface area contributed by atoms with Crippen LogP contribution >= 0.6 is 0 Å². The molecule has 2 aromatic rings. The summed E-state index contributed by atoms with van der Waals surface area (Å²) in [6, 6.07) is 10.6. The Morgan fingerprint density at radius 3 is 2.16 bits per heavy atom. The Morgan fingerprint density at radius 2 is 1.56 bits per heavy atom. The van der Waals surface area contributed by atoms with Gasteiger partial charge in [-0.25, -0.2) is 13.6 Å². The number of hydrogen-bond acceptors (Lipinski definition) is 4. The second-order valence-corrected chi connectivity index (χ2v) is 6.66. The van der Waals surface area contributed by atoms with Crippen molar-refractivity contribution in [2.45, 2.75) is 24.5 Å². The molecule has 0 aliphatic carbocycles. The van der Waals surface area contributed by atoms with Gasteiger partial charge in [0, 0.05) is 12.7 Å². The summed E-state index contributed by atoms with van der Waals surface area (Å²) in [6.07, 6.45) is -4.80. The van der Waals surface area contributed by atoms with Crippen LogP contribution in [0.5, 0.6) is 0 Å². The van der Waals surface area contributed by atoms with E-state index in [-0.39, 0.29) is 28.2 Å². The highest BCUT2D eigenvalue weighted by molar-refractivity contribution is 7.89. The molecule has 136 valence electrons. The van der Waals surface area contributed by atoms with Crippen LogP contribution in [0.15, 0.2) is 47.4 Å². The molecule has 0 atom stereocenters. The molecule has 25 heavy (non-hydrogen) atoms. The molecule has 0 heterocycles. The molecule has 0 bridgehead atoms. The number of methoxy groups -OCH3 is 1. The monoisotopic (exact) mass is 375 g/mol. The van der Waals surface area contributed by atoms with Gasteiger partial charge in [-0.05, 0) is 16.7 Å². The van der Waals surface area contributed by atoms with E-state index in [9.17, 15) is 21.6 Å². The number of hydrogen-bond donors (Lipinski definition) is 1. The fourth-order valence-electron chi connectivity index (χ4n) is 2.47. The number of primary sulfonamides is 1. The molecule has 0 saturated heterocycles. The Labute approximate surface area is 143 Å². The van der Waals surface area contributed by atoms with Crippen molar-refractivity contribution in [1.82, 2.24) is 0 Å². The highest BCUT2D eigenvalue weighted by Crippen LogP contribution is 2.33. The van der Waals surface area contributed by atoms with Crippen LogP contribution in [0.3, 0.4) is 0 Å². The lowest BCUT2D eigenvalue weighted by Crippen LogP contribution is -2.17. The minimum absolute atomic E-state index is 0.0131. The van der Waals surface area contributed by atoms with Gasteiger partial charge in [0.1, 0.15) is 0 Å². The highest BCUT2D eigenvalue weighted by atomic mass is 32.2. The number of rotatable bonds is 6. The topological polar surface area (TPSA) is 78.6 Å². The van der Waals surface area contributed by atoms with Gasteiger partial charge >= 0.3 is 6.36 Å². The minimum atomic E-state index is -4.80. The molecule has 0 saturated carbocycles. The summed E-state index contributed by atoms with van der Waals surface area (Å²) >= 11 is 0. The summed E-state index contributed by atoms with van der Waals surface area (Å²) in [5.74, 6) is 0. The zero-order valence-corrected chi connectivity index (χ0v) is 14.0. The maximum absolute atomic E-state index is 12.4. The van der Waals surface area contributed by atoms with Crippen LogP contribution in [0.1, 0.15) is 11.1 Å². The van der Waals surface area contributed by atoms with Gasteiger partial charge < -0.3 is 4.74 Å². The third-order valence-corrected chi connectivity index (χ3v) is 4.43. The lowest BCUT2D eigenvalue weighted by molar-refractivity contribution is -0.330. The van der Waals surface area contributed by atoms with Crippen molar-refractivity contribution in [3.63, 3.8) is 0 Å². The van der Waals surface area contributed by atoms with Crippen molar-refractivity contribution in [3.8, 4) is 11.1 Å². The standard InChI is InChI=1S/C16H16F3NO4S/c1-23-9-12-6-4-8-14(15(12)25(20,21)22)13-7-3-2-5-11(13)10-24-16(17,18)19/h2-8H,9-10H2,1H3,(H2,20,21,22). The summed E-state index contributed by atoms with van der Waals surface area (Å²) in [4.78, 5) is -0.184. The van der Waals surface area contributed by atoms with Gasteiger partial charge in [-0.15, -0.1) is 13.2 Å². The fourth-order valence-corrected chi connectivity index (χ4v) is 3.45. The number of benzene rings is 2. The van der Waals surface area contributed by atoms with Crippen LogP contribution in [0.25, 0.3) is 11.1 Å². The van der Waals surface area contributed by atoms with Crippen LogP contribution < -0.4 is 5.14 Å². The summed E-state index contributed by atoms with van der Waals surface area (Å²) < 4.78 is 70.0. The molecule has 0 radical (unpaired) electrons. The Bertz CT molecular complexity index is 851. The van der Waals surface area contributed by atoms with Crippen molar-refractivity contribution in [2.75, 3.05) is 7.11 Å². The molecule has 2 aromatic carbocycles. The Morgan fingerprint density at radius 1 is 0.960 bits per heavy atom. The fraction of sp³-hybridized carbons (Fsp3) is 0.250. The molecule has 0 unspecified atom stereocenters. The van der Waals surface area contributed by atoms with E-state index >= 15 is 0 Å². The molecule has 2 rings (SSSR count). The van der Waals surface area contributed by atoms with E-state index in [1.54, 1.807) is 12.1 Å². The number of nitrogens with two attached hydrogens (primary N) is 1. The molecule has 0 spiro atoms. The summed E-state index contributed by atoms with van der Waals surface area (Å²) in [6.45, 7) is -0.765. The van der Waals surface area contributed by atoms with E-state index in [4.69, 9.17) is 9.88 Å². The molecule has 0 aliphatic rings. The number of sulfonamides is 1. The Kier molecular flexibility index (Phi) is 5.83. The van der Waals surface area contributed by atoms with Crippen LogP contribution in [-0.2, 0) is 32.7 Å². The first-order chi connectivity index (χ1) is 11.6. The second-order valence-electron chi connectivity index (χ2n) is 5.16. The summed E-state index contributed by atoms with van der Waals surface area (Å²) in [5.41, 5.74) is 0.973. The van der Waals surface area contributed by atoms with Gasteiger partial charge in [0.25, 0.3) is 0 Å². The largest absolute Gasteiger partial charge is 0.522 e. The van der Waals surface area contributed by atoms with Crippen molar-refractivity contribution < 1.29 is 31.1 Å². The minimum Gasteiger partial charge on any atom is -0.380 e. The van der Waals surface area contributed by atoms with Crippen molar-refractivity contribution in [1.29, 1.82) is 0 Å². The van der Waals surface area contributed by atoms with Gasteiger partial charge in [-0.3, -0.25) is 4.74 Å². The van der Waals surface area contributed by atoms with Gasteiger partial charge in [-0.2, -0.15) is 0 Å². The smallest absolute Gasteiger partial charge is 0.380 e. The Balaban J connectivity index is 2.61. The van der Waals surface area contributed by atoms with Crippen molar-refractivity contribution in [2.24, 2.45) is 5.14 Å². The maximum atomic E-state index is 12.4. The predicted octanol–water partition coefficient (Wildman–Crippen LogP) is 3.18. The van der Waals surface area contributed by atoms with E-state index in [1.165, 1.54) is 37.4 Å². The third kappa shape index (κ3) is 5.02. The van der Waals surface area contributed by atoms with Crippen LogP contribution in [0.2, 0.25) is 0 Å². The summed E-state index contributed by atoms with van der Waals surface area (Å²) in [5, 5.41) is 5.32. The first-order valence-electron chi connectivity index (χ1n) is 7.06. The Hall–Kier alpha value is -1.94. The van der Waals surface area contributed by atoms with E-state index < -0.39 is 23.0 Å². The maximum Gasteiger partial charge on any atom is 0.522 e. The lowest BCUT2D eigenvalue weighted by atomic mass is 9.98. The molecule has 0 aliphatic heterocycles. The first kappa shape index (κ1) is 19.4. The van der Waals surface area contributed by atoms with Crippen LogP contribution in [0.4, 0.5) is 13.2 Å². The van der Waals surface area contributed by atoms with Crippen molar-refractivity contribution in [3.05, 3.63) is 53.6 Å². The quantitative estimate of drug-likeness (QED) is 0.841. The number of ether oxygens (including phenoxy) is 2. The molecular weight excluding hydrogens is 359 g/mol. The number of halogens is 3. The average molecular weight is 375 g/mol. The van der Waals surface area contributed by atoms with E-state index in [2.05, 4.69) is 4.74 Å². The molecule has 5 nitrogen and oxygen atoms in total. The third-order valence-electron chi connectivity index (χ3n) is 3.38. The van der Waals surface area contributed by atoms with Gasteiger partial charge in [0.2, 0.25) is 10.0 Å². The highest BCUT2D eigenvalue weighted by Gasteiger charge is 2.30. The zero-order chi connectivity index (χ0) is 18.7. The lowest BCUT2D eigenvalue weighted by Gasteiger charge is -2.16. The zero-order valence-electron chi connectivity index (χ0n) is 13.2. The van der Waals surface area contributed by atoms with Crippen LogP contribution in [-0.4, -0.2) is 21.9 Å². The predicted molar refractivity (Wildman–Crippen MR) is 84.8 cm³/mol. The first-order valence-corrected chi connectivity index (χ1v) is 8.60. The van der Waals surface area contributed by atoms with E-state index in [1.807, 2.05) is 0 Å². The molecule has 9 heteroatoms. The molecule has 2 N–H and O–H groups in total. The molecular formula is C16H16F3NO4S. The number of alkyl halides is 3. The molecule has 0 aromatic heterocycles. The molecule has 0 amide bonds. The van der Waals surface area contributed by atoms with E-state index in [0.717, 1.165) is 0 Å². The summed E-state index contributed by atoms with van der Waals surface area (Å²) in [7, 11) is -2.74. The van der Waals surface area contributed by atoms with Crippen molar-refractivity contribution >= 4 is 10.0 Å². The second kappa shape index (κ2) is 7.52. The molecule has 0 fully saturated rings.